The zero-order chi connectivity index (χ0) is 14.1. The third kappa shape index (κ3) is 2.31. The largest absolute Gasteiger partial charge is 0.394 e. The van der Waals surface area contributed by atoms with Gasteiger partial charge in [0.25, 0.3) is 0 Å². The predicted octanol–water partition coefficient (Wildman–Crippen LogP) is 3.50. The minimum atomic E-state index is 0.244. The maximum Gasteiger partial charge on any atom is 0.224 e. The quantitative estimate of drug-likeness (QED) is 0.816. The van der Waals surface area contributed by atoms with Crippen LogP contribution in [0.3, 0.4) is 0 Å². The van der Waals surface area contributed by atoms with E-state index >= 15 is 0 Å². The van der Waals surface area contributed by atoms with Crippen molar-refractivity contribution in [3.63, 3.8) is 0 Å². The van der Waals surface area contributed by atoms with E-state index in [0.717, 1.165) is 30.9 Å². The van der Waals surface area contributed by atoms with Gasteiger partial charge in [0.15, 0.2) is 5.82 Å². The van der Waals surface area contributed by atoms with Crippen molar-refractivity contribution in [2.75, 3.05) is 17.2 Å². The van der Waals surface area contributed by atoms with Crippen LogP contribution in [-0.4, -0.2) is 16.5 Å². The summed E-state index contributed by atoms with van der Waals surface area (Å²) in [6.07, 6.45) is 3.37. The Hall–Kier alpha value is -1.81. The number of benzene rings is 1. The first kappa shape index (κ1) is 13.2. The highest BCUT2D eigenvalue weighted by Crippen LogP contribution is 2.35. The van der Waals surface area contributed by atoms with E-state index in [2.05, 4.69) is 33.1 Å². The van der Waals surface area contributed by atoms with Gasteiger partial charge in [0, 0.05) is 12.2 Å². The minimum Gasteiger partial charge on any atom is -0.394 e. The zero-order valence-corrected chi connectivity index (χ0v) is 12.2. The molecule has 5 heteroatoms. The Morgan fingerprint density at radius 3 is 2.85 bits per heavy atom. The zero-order valence-electron chi connectivity index (χ0n) is 11.4. The maximum atomic E-state index is 6.17. The lowest BCUT2D eigenvalue weighted by Crippen LogP contribution is -2.21. The average molecular weight is 289 g/mol. The third-order valence-electron chi connectivity index (χ3n) is 3.70. The number of rotatable bonds is 1. The highest BCUT2D eigenvalue weighted by Gasteiger charge is 2.21. The SMILES string of the molecule is Cc1nc(Cl)nc(N2CCCCc3ccccc32)c1N. The lowest BCUT2D eigenvalue weighted by molar-refractivity contribution is 0.757. The number of nitrogens with zero attached hydrogens (tertiary/aromatic N) is 3. The van der Waals surface area contributed by atoms with Gasteiger partial charge in [0.05, 0.1) is 11.4 Å². The molecule has 2 aromatic rings. The number of halogens is 1. The van der Waals surface area contributed by atoms with E-state index in [-0.39, 0.29) is 5.28 Å². The van der Waals surface area contributed by atoms with Crippen LogP contribution in [0.1, 0.15) is 24.1 Å². The van der Waals surface area contributed by atoms with Crippen molar-refractivity contribution >= 4 is 28.8 Å². The van der Waals surface area contributed by atoms with Crippen LogP contribution < -0.4 is 10.6 Å². The summed E-state index contributed by atoms with van der Waals surface area (Å²) in [5, 5.41) is 0.244. The summed E-state index contributed by atoms with van der Waals surface area (Å²) in [6.45, 7) is 2.75. The molecule has 1 aromatic carbocycles. The second-order valence-electron chi connectivity index (χ2n) is 5.05. The topological polar surface area (TPSA) is 55.0 Å². The Bertz CT molecular complexity index is 642. The highest BCUT2D eigenvalue weighted by atomic mass is 35.5. The number of anilines is 3. The summed E-state index contributed by atoms with van der Waals surface area (Å²) in [7, 11) is 0. The van der Waals surface area contributed by atoms with E-state index in [9.17, 15) is 0 Å². The van der Waals surface area contributed by atoms with Crippen LogP contribution >= 0.6 is 11.6 Å². The standard InChI is InChI=1S/C15H17ClN4/c1-10-13(17)14(19-15(16)18-10)20-9-5-4-7-11-6-2-3-8-12(11)20/h2-3,6,8H,4-5,7,9,17H2,1H3. The first-order chi connectivity index (χ1) is 9.66. The van der Waals surface area contributed by atoms with E-state index in [1.807, 2.05) is 13.0 Å². The number of para-hydroxylation sites is 1. The molecule has 0 unspecified atom stereocenters. The van der Waals surface area contributed by atoms with Crippen LogP contribution in [0.25, 0.3) is 0 Å². The number of hydrogen-bond donors (Lipinski definition) is 1. The fraction of sp³-hybridized carbons (Fsp3) is 0.333. The first-order valence-electron chi connectivity index (χ1n) is 6.82. The summed E-state index contributed by atoms with van der Waals surface area (Å²) in [5.74, 6) is 0.719. The molecule has 0 saturated heterocycles. The molecule has 3 rings (SSSR count). The Labute approximate surface area is 123 Å². The van der Waals surface area contributed by atoms with Gasteiger partial charge in [-0.1, -0.05) is 18.2 Å². The van der Waals surface area contributed by atoms with Gasteiger partial charge in [-0.15, -0.1) is 0 Å². The second-order valence-corrected chi connectivity index (χ2v) is 5.39. The van der Waals surface area contributed by atoms with Crippen molar-refractivity contribution in [1.29, 1.82) is 0 Å². The molecule has 0 fully saturated rings. The molecule has 0 spiro atoms. The molecule has 2 N–H and O–H groups in total. The summed E-state index contributed by atoms with van der Waals surface area (Å²) in [4.78, 5) is 10.6. The van der Waals surface area contributed by atoms with Crippen molar-refractivity contribution in [3.8, 4) is 0 Å². The second kappa shape index (κ2) is 5.29. The Morgan fingerprint density at radius 2 is 2.00 bits per heavy atom. The minimum absolute atomic E-state index is 0.244. The summed E-state index contributed by atoms with van der Waals surface area (Å²) >= 11 is 6.00. The molecule has 0 amide bonds. The maximum absolute atomic E-state index is 6.17. The molecule has 2 heterocycles. The summed E-state index contributed by atoms with van der Waals surface area (Å²) in [5.41, 5.74) is 9.99. The molecule has 0 radical (unpaired) electrons. The molecule has 1 aliphatic heterocycles. The number of nitrogens with two attached hydrogens (primary N) is 1. The van der Waals surface area contributed by atoms with Crippen molar-refractivity contribution < 1.29 is 0 Å². The van der Waals surface area contributed by atoms with Gasteiger partial charge in [-0.3, -0.25) is 0 Å². The smallest absolute Gasteiger partial charge is 0.224 e. The van der Waals surface area contributed by atoms with Gasteiger partial charge >= 0.3 is 0 Å². The average Bonchev–Trinajstić information content (AvgIpc) is 2.65. The monoisotopic (exact) mass is 288 g/mol. The van der Waals surface area contributed by atoms with Gasteiger partial charge < -0.3 is 10.6 Å². The molecule has 0 saturated carbocycles. The number of aryl methyl sites for hydroxylation is 2. The van der Waals surface area contributed by atoms with E-state index < -0.39 is 0 Å². The number of hydrogen-bond acceptors (Lipinski definition) is 4. The van der Waals surface area contributed by atoms with Crippen LogP contribution in [0.5, 0.6) is 0 Å². The fourth-order valence-electron chi connectivity index (χ4n) is 2.65. The lowest BCUT2D eigenvalue weighted by atomic mass is 10.1. The predicted molar refractivity (Wildman–Crippen MR) is 82.6 cm³/mol. The van der Waals surface area contributed by atoms with Gasteiger partial charge in [-0.05, 0) is 49.4 Å². The van der Waals surface area contributed by atoms with E-state index in [4.69, 9.17) is 17.3 Å². The highest BCUT2D eigenvalue weighted by molar-refractivity contribution is 6.28. The van der Waals surface area contributed by atoms with E-state index in [1.54, 1.807) is 0 Å². The van der Waals surface area contributed by atoms with Crippen molar-refractivity contribution in [2.24, 2.45) is 0 Å². The fourth-order valence-corrected chi connectivity index (χ4v) is 2.86. The van der Waals surface area contributed by atoms with Gasteiger partial charge in [-0.2, -0.15) is 4.98 Å². The lowest BCUT2D eigenvalue weighted by Gasteiger charge is -2.25. The summed E-state index contributed by atoms with van der Waals surface area (Å²) < 4.78 is 0. The van der Waals surface area contributed by atoms with Crippen molar-refractivity contribution in [1.82, 2.24) is 9.97 Å². The molecule has 104 valence electrons. The summed E-state index contributed by atoms with van der Waals surface area (Å²) in [6, 6.07) is 8.40. The molecular weight excluding hydrogens is 272 g/mol. The number of nitrogen functional groups attached to an aromatic ring is 1. The van der Waals surface area contributed by atoms with Gasteiger partial charge in [0.2, 0.25) is 5.28 Å². The van der Waals surface area contributed by atoms with Crippen LogP contribution in [0.4, 0.5) is 17.2 Å². The molecule has 20 heavy (non-hydrogen) atoms. The molecular formula is C15H17ClN4. The van der Waals surface area contributed by atoms with Gasteiger partial charge in [-0.25, -0.2) is 4.98 Å². The first-order valence-corrected chi connectivity index (χ1v) is 7.19. The van der Waals surface area contributed by atoms with Crippen LogP contribution in [0.2, 0.25) is 5.28 Å². The number of aromatic nitrogens is 2. The van der Waals surface area contributed by atoms with E-state index in [1.165, 1.54) is 17.7 Å². The Morgan fingerprint density at radius 1 is 1.20 bits per heavy atom. The normalized spacial score (nSPS) is 14.8. The van der Waals surface area contributed by atoms with Crippen molar-refractivity contribution in [2.45, 2.75) is 26.2 Å². The molecule has 1 aliphatic rings. The molecule has 4 nitrogen and oxygen atoms in total. The van der Waals surface area contributed by atoms with Crippen molar-refractivity contribution in [3.05, 3.63) is 40.8 Å². The van der Waals surface area contributed by atoms with Crippen LogP contribution in [0.15, 0.2) is 24.3 Å². The Balaban J connectivity index is 2.15. The molecule has 0 aliphatic carbocycles. The molecule has 0 atom stereocenters. The van der Waals surface area contributed by atoms with Gasteiger partial charge in [0.1, 0.15) is 0 Å². The molecule has 0 bridgehead atoms. The Kier molecular flexibility index (Phi) is 3.49. The van der Waals surface area contributed by atoms with Crippen LogP contribution in [0, 0.1) is 6.92 Å². The number of fused-ring (bicyclic) bond motifs is 1. The molecule has 1 aromatic heterocycles. The van der Waals surface area contributed by atoms with Crippen LogP contribution in [-0.2, 0) is 6.42 Å². The third-order valence-corrected chi connectivity index (χ3v) is 3.87. The van der Waals surface area contributed by atoms with E-state index in [0.29, 0.717) is 5.69 Å².